The van der Waals surface area contributed by atoms with Crippen molar-refractivity contribution in [3.05, 3.63) is 0 Å². The highest BCUT2D eigenvalue weighted by molar-refractivity contribution is 5.79. The topological polar surface area (TPSA) is 63.2 Å². The summed E-state index contributed by atoms with van der Waals surface area (Å²) in [6, 6.07) is 0.759. The molecule has 0 aliphatic carbocycles. The van der Waals surface area contributed by atoms with Crippen LogP contribution in [0.2, 0.25) is 0 Å². The highest BCUT2D eigenvalue weighted by Gasteiger charge is 2.20. The predicted molar refractivity (Wildman–Crippen MR) is 108 cm³/mol. The molecule has 2 aliphatic heterocycles. The molecule has 2 aliphatic rings. The molecule has 2 saturated heterocycles. The molecule has 0 radical (unpaired) electrons. The lowest BCUT2D eigenvalue weighted by atomic mass is 10.0. The van der Waals surface area contributed by atoms with Gasteiger partial charge >= 0.3 is 0 Å². The summed E-state index contributed by atoms with van der Waals surface area (Å²) >= 11 is 0. The van der Waals surface area contributed by atoms with Gasteiger partial charge in [0.2, 0.25) is 5.91 Å². The lowest BCUT2D eigenvalue weighted by Crippen LogP contribution is -2.50. The Hall–Kier alpha value is -1.34. The van der Waals surface area contributed by atoms with E-state index in [9.17, 15) is 4.79 Å². The lowest BCUT2D eigenvalue weighted by Gasteiger charge is -2.35. The molecular weight excluding hydrogens is 328 g/mol. The third-order valence-electron chi connectivity index (χ3n) is 5.67. The van der Waals surface area contributed by atoms with Gasteiger partial charge in [-0.3, -0.25) is 19.6 Å². The van der Waals surface area contributed by atoms with Crippen molar-refractivity contribution in [2.24, 2.45) is 4.99 Å². The Morgan fingerprint density at radius 3 is 2.35 bits per heavy atom. The fraction of sp³-hybridized carbons (Fsp3) is 0.895. The highest BCUT2D eigenvalue weighted by atomic mass is 16.2. The SMILES string of the molecule is CCC1CCCCN1CCNC(=NC)NCCN1CCN(C(C)=O)CC1. The minimum atomic E-state index is 0.186. The van der Waals surface area contributed by atoms with Gasteiger partial charge in [0.1, 0.15) is 0 Å². The quantitative estimate of drug-likeness (QED) is 0.510. The molecule has 2 heterocycles. The van der Waals surface area contributed by atoms with Crippen LogP contribution in [0.1, 0.15) is 39.5 Å². The van der Waals surface area contributed by atoms with Gasteiger partial charge in [0.05, 0.1) is 0 Å². The van der Waals surface area contributed by atoms with Crippen molar-refractivity contribution in [3.8, 4) is 0 Å². The van der Waals surface area contributed by atoms with E-state index in [4.69, 9.17) is 0 Å². The third kappa shape index (κ3) is 6.76. The summed E-state index contributed by atoms with van der Waals surface area (Å²) in [5.74, 6) is 1.07. The molecule has 0 aromatic carbocycles. The Balaban J connectivity index is 1.59. The van der Waals surface area contributed by atoms with Crippen LogP contribution in [-0.2, 0) is 4.79 Å². The zero-order valence-electron chi connectivity index (χ0n) is 17.0. The van der Waals surface area contributed by atoms with Gasteiger partial charge in [-0.2, -0.15) is 0 Å². The summed E-state index contributed by atoms with van der Waals surface area (Å²) in [4.78, 5) is 22.7. The van der Waals surface area contributed by atoms with E-state index in [0.29, 0.717) is 0 Å². The molecule has 2 N–H and O–H groups in total. The maximum atomic E-state index is 11.4. The summed E-state index contributed by atoms with van der Waals surface area (Å²) in [6.07, 6.45) is 5.32. The lowest BCUT2D eigenvalue weighted by molar-refractivity contribution is -0.130. The van der Waals surface area contributed by atoms with Crippen LogP contribution in [0.4, 0.5) is 0 Å². The number of carbonyl (C=O) groups is 1. The molecule has 2 rings (SSSR count). The number of aliphatic imine (C=N–C) groups is 1. The number of piperidine rings is 1. The normalized spacial score (nSPS) is 23.1. The van der Waals surface area contributed by atoms with Crippen LogP contribution in [0.15, 0.2) is 4.99 Å². The molecule has 26 heavy (non-hydrogen) atoms. The van der Waals surface area contributed by atoms with Gasteiger partial charge in [0.25, 0.3) is 0 Å². The maximum absolute atomic E-state index is 11.4. The summed E-state index contributed by atoms with van der Waals surface area (Å²) in [5, 5.41) is 6.86. The molecular formula is C19H38N6O. The highest BCUT2D eigenvalue weighted by Crippen LogP contribution is 2.18. The van der Waals surface area contributed by atoms with E-state index < -0.39 is 0 Å². The second-order valence-electron chi connectivity index (χ2n) is 7.37. The minimum absolute atomic E-state index is 0.186. The summed E-state index contributed by atoms with van der Waals surface area (Å²) < 4.78 is 0. The second-order valence-corrected chi connectivity index (χ2v) is 7.37. The third-order valence-corrected chi connectivity index (χ3v) is 5.67. The number of nitrogens with zero attached hydrogens (tertiary/aromatic N) is 4. The number of piperazine rings is 1. The molecule has 150 valence electrons. The number of carbonyl (C=O) groups excluding carboxylic acids is 1. The van der Waals surface area contributed by atoms with Crippen molar-refractivity contribution < 1.29 is 4.79 Å². The Bertz CT molecular complexity index is 447. The maximum Gasteiger partial charge on any atom is 0.219 e. The smallest absolute Gasteiger partial charge is 0.219 e. The van der Waals surface area contributed by atoms with Gasteiger partial charge in [0, 0.05) is 72.4 Å². The first-order chi connectivity index (χ1) is 12.6. The largest absolute Gasteiger partial charge is 0.355 e. The average Bonchev–Trinajstić information content (AvgIpc) is 2.67. The number of nitrogens with one attached hydrogen (secondary N) is 2. The van der Waals surface area contributed by atoms with Crippen molar-refractivity contribution in [1.82, 2.24) is 25.3 Å². The number of hydrogen-bond acceptors (Lipinski definition) is 4. The van der Waals surface area contributed by atoms with Crippen LogP contribution in [0.5, 0.6) is 0 Å². The fourth-order valence-electron chi connectivity index (χ4n) is 3.97. The van der Waals surface area contributed by atoms with Crippen LogP contribution in [0, 0.1) is 0 Å². The van der Waals surface area contributed by atoms with Crippen LogP contribution < -0.4 is 10.6 Å². The van der Waals surface area contributed by atoms with Crippen molar-refractivity contribution in [1.29, 1.82) is 0 Å². The molecule has 0 spiro atoms. The van der Waals surface area contributed by atoms with E-state index in [1.54, 1.807) is 6.92 Å². The van der Waals surface area contributed by atoms with E-state index in [2.05, 4.69) is 32.3 Å². The molecule has 0 aromatic rings. The van der Waals surface area contributed by atoms with Crippen molar-refractivity contribution in [2.75, 3.05) is 66.0 Å². The van der Waals surface area contributed by atoms with Crippen LogP contribution in [-0.4, -0.2) is 98.6 Å². The molecule has 0 bridgehead atoms. The summed E-state index contributed by atoms with van der Waals surface area (Å²) in [5.41, 5.74) is 0. The van der Waals surface area contributed by atoms with E-state index >= 15 is 0 Å². The zero-order valence-corrected chi connectivity index (χ0v) is 17.0. The van der Waals surface area contributed by atoms with Gasteiger partial charge in [-0.1, -0.05) is 13.3 Å². The molecule has 7 heteroatoms. The fourth-order valence-corrected chi connectivity index (χ4v) is 3.97. The number of guanidine groups is 1. The van der Waals surface area contributed by atoms with Gasteiger partial charge in [-0.05, 0) is 25.8 Å². The predicted octanol–water partition coefficient (Wildman–Crippen LogP) is 0.580. The van der Waals surface area contributed by atoms with Crippen molar-refractivity contribution >= 4 is 11.9 Å². The van der Waals surface area contributed by atoms with E-state index in [-0.39, 0.29) is 5.91 Å². The molecule has 1 unspecified atom stereocenters. The van der Waals surface area contributed by atoms with E-state index in [0.717, 1.165) is 64.4 Å². The Morgan fingerprint density at radius 1 is 1.04 bits per heavy atom. The van der Waals surface area contributed by atoms with Crippen molar-refractivity contribution in [3.63, 3.8) is 0 Å². The van der Waals surface area contributed by atoms with Gasteiger partial charge in [-0.15, -0.1) is 0 Å². The van der Waals surface area contributed by atoms with Gasteiger partial charge in [-0.25, -0.2) is 0 Å². The first-order valence-electron chi connectivity index (χ1n) is 10.3. The Kier molecular flexibility index (Phi) is 9.18. The summed E-state index contributed by atoms with van der Waals surface area (Å²) in [7, 11) is 1.83. The number of hydrogen-bond donors (Lipinski definition) is 2. The number of amides is 1. The Labute approximate surface area is 159 Å². The molecule has 1 amide bonds. The standard InChI is InChI=1S/C19H38N6O/c1-4-18-7-5-6-10-25(18)12-9-22-19(20-3)21-8-11-23-13-15-24(16-14-23)17(2)26/h18H,4-16H2,1-3H3,(H2,20,21,22). The number of rotatable bonds is 7. The van der Waals surface area contributed by atoms with Crippen molar-refractivity contribution in [2.45, 2.75) is 45.6 Å². The van der Waals surface area contributed by atoms with E-state index in [1.807, 2.05) is 11.9 Å². The molecule has 0 saturated carbocycles. The molecule has 2 fully saturated rings. The number of likely N-dealkylation sites (tertiary alicyclic amines) is 1. The van der Waals surface area contributed by atoms with Crippen LogP contribution in [0.3, 0.4) is 0 Å². The summed E-state index contributed by atoms with van der Waals surface area (Å²) in [6.45, 7) is 12.7. The Morgan fingerprint density at radius 2 is 1.73 bits per heavy atom. The van der Waals surface area contributed by atoms with Crippen LogP contribution in [0.25, 0.3) is 0 Å². The second kappa shape index (κ2) is 11.4. The first kappa shape index (κ1) is 21.0. The monoisotopic (exact) mass is 366 g/mol. The van der Waals surface area contributed by atoms with E-state index in [1.165, 1.54) is 32.2 Å². The molecule has 7 nitrogen and oxygen atoms in total. The van der Waals surface area contributed by atoms with Crippen LogP contribution >= 0.6 is 0 Å². The average molecular weight is 367 g/mol. The molecule has 1 atom stereocenters. The first-order valence-corrected chi connectivity index (χ1v) is 10.3. The zero-order chi connectivity index (χ0) is 18.8. The minimum Gasteiger partial charge on any atom is -0.355 e. The molecule has 0 aromatic heterocycles. The van der Waals surface area contributed by atoms with Gasteiger partial charge in [0.15, 0.2) is 5.96 Å². The van der Waals surface area contributed by atoms with Gasteiger partial charge < -0.3 is 15.5 Å².